The predicted molar refractivity (Wildman–Crippen MR) is 139 cm³/mol. The number of nitrogens with zero attached hydrogens (tertiary/aromatic N) is 4. The number of hydrogen-bond acceptors (Lipinski definition) is 6. The van der Waals surface area contributed by atoms with Crippen molar-refractivity contribution in [1.82, 2.24) is 14.9 Å². The van der Waals surface area contributed by atoms with Crippen LogP contribution in [0.15, 0.2) is 48.2 Å². The van der Waals surface area contributed by atoms with E-state index in [0.29, 0.717) is 24.3 Å². The number of anilines is 1. The fraction of sp³-hybridized carbons (Fsp3) is 0.286. The van der Waals surface area contributed by atoms with Gasteiger partial charge in [-0.05, 0) is 37.0 Å². The molecule has 0 saturated carbocycles. The van der Waals surface area contributed by atoms with Crippen LogP contribution in [0, 0.1) is 35.0 Å². The molecular formula is C28H26F5N5O2. The first-order valence-electron chi connectivity index (χ1n) is 12.4. The molecule has 7 nitrogen and oxygen atoms in total. The number of aliphatic imine (C=N–C) groups is 1. The maximum atomic E-state index is 15.4. The summed E-state index contributed by atoms with van der Waals surface area (Å²) in [5.41, 5.74) is 7.08. The van der Waals surface area contributed by atoms with Gasteiger partial charge in [-0.25, -0.2) is 23.1 Å². The molecule has 0 spiro atoms. The van der Waals surface area contributed by atoms with Crippen molar-refractivity contribution in [3.8, 4) is 11.5 Å². The van der Waals surface area contributed by atoms with Gasteiger partial charge >= 0.3 is 0 Å². The van der Waals surface area contributed by atoms with Crippen molar-refractivity contribution in [3.63, 3.8) is 0 Å². The molecule has 40 heavy (non-hydrogen) atoms. The highest BCUT2D eigenvalue weighted by molar-refractivity contribution is 6.16. The first-order valence-corrected chi connectivity index (χ1v) is 12.4. The van der Waals surface area contributed by atoms with Crippen molar-refractivity contribution in [2.75, 3.05) is 25.9 Å². The fourth-order valence-corrected chi connectivity index (χ4v) is 4.85. The number of ether oxygens (including phenoxy) is 1. The van der Waals surface area contributed by atoms with Crippen LogP contribution in [-0.4, -0.2) is 46.6 Å². The van der Waals surface area contributed by atoms with Crippen LogP contribution < -0.4 is 10.5 Å². The predicted octanol–water partition coefficient (Wildman–Crippen LogP) is 5.54. The third-order valence-electron chi connectivity index (χ3n) is 6.94. The molecule has 3 aromatic rings. The Kier molecular flexibility index (Phi) is 8.46. The summed E-state index contributed by atoms with van der Waals surface area (Å²) in [5.74, 6) is -9.86. The molecule has 0 radical (unpaired) electrons. The molecule has 210 valence electrons. The van der Waals surface area contributed by atoms with Crippen LogP contribution in [0.4, 0.5) is 27.8 Å². The van der Waals surface area contributed by atoms with Gasteiger partial charge in [0.05, 0.1) is 17.0 Å². The summed E-state index contributed by atoms with van der Waals surface area (Å²) < 4.78 is 75.6. The average Bonchev–Trinajstić information content (AvgIpc) is 2.95. The second-order valence-corrected chi connectivity index (χ2v) is 9.31. The Hall–Kier alpha value is -4.35. The highest BCUT2D eigenvalue weighted by Crippen LogP contribution is 2.36. The number of aromatic nitrogens is 2. The summed E-state index contributed by atoms with van der Waals surface area (Å²) in [6.07, 6.45) is 4.17. The van der Waals surface area contributed by atoms with Crippen LogP contribution in [-0.2, 0) is 4.79 Å². The Morgan fingerprint density at radius 2 is 1.85 bits per heavy atom. The van der Waals surface area contributed by atoms with Crippen LogP contribution in [0.2, 0.25) is 0 Å². The molecule has 1 fully saturated rings. The van der Waals surface area contributed by atoms with Gasteiger partial charge < -0.3 is 15.4 Å². The molecule has 2 aromatic carbocycles. The third kappa shape index (κ3) is 5.51. The number of benzene rings is 2. The Labute approximate surface area is 227 Å². The van der Waals surface area contributed by atoms with E-state index in [0.717, 1.165) is 25.0 Å². The minimum atomic E-state index is -1.76. The first-order chi connectivity index (χ1) is 19.1. The number of likely N-dealkylation sites (tertiary alicyclic amines) is 1. The van der Waals surface area contributed by atoms with E-state index >= 15 is 4.39 Å². The number of amides is 1. The van der Waals surface area contributed by atoms with Gasteiger partial charge in [0, 0.05) is 43.8 Å². The van der Waals surface area contributed by atoms with Gasteiger partial charge in [-0.3, -0.25) is 9.79 Å². The molecule has 0 aliphatic carbocycles. The Morgan fingerprint density at radius 3 is 2.48 bits per heavy atom. The van der Waals surface area contributed by atoms with Crippen molar-refractivity contribution < 1.29 is 31.5 Å². The lowest BCUT2D eigenvalue weighted by Gasteiger charge is -2.35. The topological polar surface area (TPSA) is 93.7 Å². The van der Waals surface area contributed by atoms with E-state index in [1.807, 2.05) is 6.92 Å². The van der Waals surface area contributed by atoms with Crippen LogP contribution in [0.1, 0.15) is 42.5 Å². The van der Waals surface area contributed by atoms with Crippen molar-refractivity contribution in [1.29, 1.82) is 0 Å². The summed E-state index contributed by atoms with van der Waals surface area (Å²) in [5, 5.41) is 0. The molecule has 2 atom stereocenters. The summed E-state index contributed by atoms with van der Waals surface area (Å²) in [7, 11) is 1.42. The molecule has 0 bridgehead atoms. The maximum absolute atomic E-state index is 15.4. The molecule has 1 amide bonds. The normalized spacial score (nSPS) is 16.5. The molecule has 2 heterocycles. The smallest absolute Gasteiger partial charge is 0.245 e. The highest BCUT2D eigenvalue weighted by Gasteiger charge is 2.32. The lowest BCUT2D eigenvalue weighted by molar-refractivity contribution is -0.127. The number of halogens is 5. The molecule has 12 heteroatoms. The van der Waals surface area contributed by atoms with Crippen LogP contribution in [0.3, 0.4) is 0 Å². The number of hydrogen-bond donors (Lipinski definition) is 1. The SMILES string of the molecule is C=CC(=O)N1CCCC(C(C)c2ncnc(N)c2/C(=N\C)c2ccc(Oc3c(F)c(F)cc(F)c3F)cc2F)C1. The number of carbonyl (C=O) groups is 1. The van der Waals surface area contributed by atoms with Gasteiger partial charge in [0.2, 0.25) is 23.3 Å². The Balaban J connectivity index is 1.68. The lowest BCUT2D eigenvalue weighted by atomic mass is 9.82. The fourth-order valence-electron chi connectivity index (χ4n) is 4.85. The molecule has 4 rings (SSSR count). The van der Waals surface area contributed by atoms with Crippen molar-refractivity contribution in [2.45, 2.75) is 25.7 Å². The van der Waals surface area contributed by atoms with E-state index in [2.05, 4.69) is 21.5 Å². The second-order valence-electron chi connectivity index (χ2n) is 9.31. The molecule has 1 aliphatic rings. The maximum Gasteiger partial charge on any atom is 0.245 e. The van der Waals surface area contributed by atoms with Gasteiger partial charge in [-0.1, -0.05) is 13.5 Å². The van der Waals surface area contributed by atoms with Crippen LogP contribution in [0.25, 0.3) is 0 Å². The van der Waals surface area contributed by atoms with Crippen molar-refractivity contribution >= 4 is 17.4 Å². The van der Waals surface area contributed by atoms with E-state index < -0.39 is 40.6 Å². The van der Waals surface area contributed by atoms with Gasteiger partial charge in [0.25, 0.3) is 0 Å². The minimum absolute atomic E-state index is 0.0147. The van der Waals surface area contributed by atoms with E-state index in [9.17, 15) is 22.4 Å². The minimum Gasteiger partial charge on any atom is -0.451 e. The largest absolute Gasteiger partial charge is 0.451 e. The molecule has 2 unspecified atom stereocenters. The summed E-state index contributed by atoms with van der Waals surface area (Å²) in [6.45, 7) is 6.57. The quantitative estimate of drug-likeness (QED) is 0.178. The lowest BCUT2D eigenvalue weighted by Crippen LogP contribution is -2.40. The Bertz CT molecular complexity index is 1470. The van der Waals surface area contributed by atoms with Crippen LogP contribution in [0.5, 0.6) is 11.5 Å². The average molecular weight is 560 g/mol. The molecular weight excluding hydrogens is 533 g/mol. The van der Waals surface area contributed by atoms with Crippen LogP contribution >= 0.6 is 0 Å². The number of nitrogen functional groups attached to an aromatic ring is 1. The summed E-state index contributed by atoms with van der Waals surface area (Å²) in [4.78, 5) is 26.7. The van der Waals surface area contributed by atoms with E-state index in [1.165, 1.54) is 25.5 Å². The number of rotatable bonds is 7. The highest BCUT2D eigenvalue weighted by atomic mass is 19.2. The molecule has 2 N–H and O–H groups in total. The summed E-state index contributed by atoms with van der Waals surface area (Å²) in [6, 6.07) is 3.22. The monoisotopic (exact) mass is 559 g/mol. The zero-order valence-electron chi connectivity index (χ0n) is 21.7. The number of nitrogens with two attached hydrogens (primary N) is 1. The molecule has 1 aromatic heterocycles. The molecule has 1 saturated heterocycles. The number of carbonyl (C=O) groups excluding carboxylic acids is 1. The first kappa shape index (κ1) is 28.7. The summed E-state index contributed by atoms with van der Waals surface area (Å²) >= 11 is 0. The second kappa shape index (κ2) is 11.8. The van der Waals surface area contributed by atoms with Gasteiger partial charge in [0.1, 0.15) is 23.7 Å². The third-order valence-corrected chi connectivity index (χ3v) is 6.94. The zero-order chi connectivity index (χ0) is 29.1. The van der Waals surface area contributed by atoms with E-state index in [-0.39, 0.29) is 40.9 Å². The zero-order valence-corrected chi connectivity index (χ0v) is 21.7. The van der Waals surface area contributed by atoms with E-state index in [4.69, 9.17) is 10.5 Å². The van der Waals surface area contributed by atoms with Crippen molar-refractivity contribution in [3.05, 3.63) is 89.2 Å². The van der Waals surface area contributed by atoms with Gasteiger partial charge in [0.15, 0.2) is 11.6 Å². The van der Waals surface area contributed by atoms with Gasteiger partial charge in [-0.2, -0.15) is 8.78 Å². The van der Waals surface area contributed by atoms with E-state index in [1.54, 1.807) is 4.90 Å². The van der Waals surface area contributed by atoms with Crippen molar-refractivity contribution in [2.24, 2.45) is 10.9 Å². The number of piperidine rings is 1. The van der Waals surface area contributed by atoms with Gasteiger partial charge in [-0.15, -0.1) is 0 Å². The Morgan fingerprint density at radius 1 is 1.15 bits per heavy atom. The standard InChI is InChI=1S/C28H26F5N5O2/c1-4-21(39)38-9-5-6-15(12-38)14(2)25-22(28(34)37-13-36-25)26(35-3)17-8-7-16(10-18(17)29)40-27-23(32)19(30)11-20(31)24(27)33/h4,7-8,10-11,13-15H,1,5-6,9,12H2,2-3H3,(H2,34,36,37)/b35-26-. The molecule has 1 aliphatic heterocycles.